The minimum atomic E-state index is -1.07. The van der Waals surface area contributed by atoms with Crippen LogP contribution in [0.25, 0.3) is 27.3 Å². The third kappa shape index (κ3) is 4.64. The summed E-state index contributed by atoms with van der Waals surface area (Å²) in [6.07, 6.45) is 3.10. The molecule has 4 heterocycles. The fraction of sp³-hybridized carbons (Fsp3) is 0.286. The van der Waals surface area contributed by atoms with Gasteiger partial charge in [0.1, 0.15) is 11.6 Å². The number of anilines is 1. The molecule has 0 N–H and O–H groups in total. The molecule has 2 unspecified atom stereocenters. The number of aromatic nitrogens is 4. The Bertz CT molecular complexity index is 1770. The summed E-state index contributed by atoms with van der Waals surface area (Å²) in [4.78, 5) is 24.5. The minimum absolute atomic E-state index is 0.196. The smallest absolute Gasteiger partial charge is 0.227 e. The number of hydrogen-bond donors (Lipinski definition) is 0. The molecule has 12 heteroatoms. The molecule has 1 saturated heterocycles. The lowest BCUT2D eigenvalue weighted by atomic mass is 9.99. The molecule has 5 aromatic rings. The lowest BCUT2D eigenvalue weighted by molar-refractivity contribution is -0.120. The Morgan fingerprint density at radius 1 is 1.12 bits per heavy atom. The fourth-order valence-corrected chi connectivity index (χ4v) is 6.84. The Hall–Kier alpha value is -3.77. The van der Waals surface area contributed by atoms with Crippen LogP contribution >= 0.6 is 11.3 Å². The van der Waals surface area contributed by atoms with Gasteiger partial charge in [-0.2, -0.15) is 0 Å². The van der Waals surface area contributed by atoms with E-state index in [1.54, 1.807) is 6.26 Å². The number of nitrogens with zero attached hydrogens (tertiary/aromatic N) is 5. The molecule has 1 fully saturated rings. The quantitative estimate of drug-likeness (QED) is 0.238. The summed E-state index contributed by atoms with van der Waals surface area (Å²) < 4.78 is 47.2. The van der Waals surface area contributed by atoms with Crippen molar-refractivity contribution >= 4 is 44.8 Å². The highest BCUT2D eigenvalue weighted by Gasteiger charge is 2.35. The predicted molar refractivity (Wildman–Crippen MR) is 150 cm³/mol. The standard InChI is InChI=1S/C28H25F2N5O3S2/c1-15-26(16(2)38-33-15)17-7-10-23-22(11-17)32-27(35(23)28-31-18(13-39-28)14-40(3)37)24-5-4-6-25(36)34(24)19-8-9-20(29)21(30)12-19/h7-13,24H,4-6,14H2,1-3H3. The number of carbonyl (C=O) groups is 1. The van der Waals surface area contributed by atoms with Gasteiger partial charge in [0.25, 0.3) is 0 Å². The van der Waals surface area contributed by atoms with Gasteiger partial charge in [0.15, 0.2) is 16.8 Å². The van der Waals surface area contributed by atoms with Crippen molar-refractivity contribution < 1.29 is 22.3 Å². The Kier molecular flexibility index (Phi) is 6.83. The van der Waals surface area contributed by atoms with E-state index in [9.17, 15) is 17.8 Å². The Morgan fingerprint density at radius 2 is 1.95 bits per heavy atom. The molecule has 3 aromatic heterocycles. The van der Waals surface area contributed by atoms with Gasteiger partial charge in [-0.1, -0.05) is 11.2 Å². The third-order valence-electron chi connectivity index (χ3n) is 7.01. The monoisotopic (exact) mass is 581 g/mol. The summed E-state index contributed by atoms with van der Waals surface area (Å²) in [5.74, 6) is -0.633. The van der Waals surface area contributed by atoms with Crippen LogP contribution in [0.2, 0.25) is 0 Å². The van der Waals surface area contributed by atoms with E-state index < -0.39 is 28.5 Å². The van der Waals surface area contributed by atoms with Crippen molar-refractivity contribution in [2.24, 2.45) is 0 Å². The number of piperidine rings is 1. The van der Waals surface area contributed by atoms with Gasteiger partial charge in [0.05, 0.1) is 34.2 Å². The topological polar surface area (TPSA) is 94.1 Å². The van der Waals surface area contributed by atoms with Gasteiger partial charge < -0.3 is 9.42 Å². The van der Waals surface area contributed by atoms with Crippen LogP contribution in [-0.2, 0) is 21.3 Å². The first-order valence-electron chi connectivity index (χ1n) is 12.7. The summed E-state index contributed by atoms with van der Waals surface area (Å²) in [5.41, 5.74) is 4.94. The van der Waals surface area contributed by atoms with E-state index in [-0.39, 0.29) is 18.0 Å². The highest BCUT2D eigenvalue weighted by Crippen LogP contribution is 2.40. The first-order valence-corrected chi connectivity index (χ1v) is 15.3. The van der Waals surface area contributed by atoms with Crippen molar-refractivity contribution in [2.75, 3.05) is 11.2 Å². The maximum absolute atomic E-state index is 14.3. The van der Waals surface area contributed by atoms with Crippen molar-refractivity contribution in [1.82, 2.24) is 19.7 Å². The molecule has 1 amide bonds. The van der Waals surface area contributed by atoms with E-state index in [4.69, 9.17) is 14.5 Å². The molecule has 0 bridgehead atoms. The van der Waals surface area contributed by atoms with Crippen molar-refractivity contribution in [1.29, 1.82) is 0 Å². The number of halogens is 2. The molecule has 0 spiro atoms. The Balaban J connectivity index is 1.55. The Labute approximate surface area is 235 Å². The maximum Gasteiger partial charge on any atom is 0.227 e. The summed E-state index contributed by atoms with van der Waals surface area (Å²) >= 11 is 1.39. The van der Waals surface area contributed by atoms with Crippen LogP contribution in [0.15, 0.2) is 46.3 Å². The van der Waals surface area contributed by atoms with E-state index in [0.717, 1.165) is 34.5 Å². The minimum Gasteiger partial charge on any atom is -0.361 e. The van der Waals surface area contributed by atoms with Crippen LogP contribution in [0, 0.1) is 25.5 Å². The van der Waals surface area contributed by atoms with Crippen LogP contribution in [0.1, 0.15) is 48.3 Å². The summed E-state index contributed by atoms with van der Waals surface area (Å²) in [5, 5.41) is 6.55. The SMILES string of the molecule is Cc1noc(C)c1-c1ccc2c(c1)nc(C1CCCC(=O)N1c1ccc(F)c(F)c1)n2-c1nc(CS(C)=O)cs1. The van der Waals surface area contributed by atoms with Crippen LogP contribution < -0.4 is 4.90 Å². The summed E-state index contributed by atoms with van der Waals surface area (Å²) in [6, 6.07) is 8.80. The zero-order valence-corrected chi connectivity index (χ0v) is 23.6. The molecular formula is C28H25F2N5O3S2. The number of rotatable bonds is 6. The zero-order valence-electron chi connectivity index (χ0n) is 22.0. The number of benzene rings is 2. The van der Waals surface area contributed by atoms with Gasteiger partial charge in [0.2, 0.25) is 5.91 Å². The molecule has 1 aliphatic heterocycles. The molecular weight excluding hydrogens is 556 g/mol. The summed E-state index contributed by atoms with van der Waals surface area (Å²) in [6.45, 7) is 3.73. The van der Waals surface area contributed by atoms with Gasteiger partial charge in [-0.25, -0.2) is 18.7 Å². The maximum atomic E-state index is 14.3. The largest absolute Gasteiger partial charge is 0.361 e. The normalized spacial score (nSPS) is 16.7. The highest BCUT2D eigenvalue weighted by molar-refractivity contribution is 7.83. The first kappa shape index (κ1) is 26.5. The highest BCUT2D eigenvalue weighted by atomic mass is 32.2. The number of amides is 1. The third-order valence-corrected chi connectivity index (χ3v) is 8.59. The lowest BCUT2D eigenvalue weighted by Crippen LogP contribution is -2.39. The van der Waals surface area contributed by atoms with Gasteiger partial charge in [-0.3, -0.25) is 13.6 Å². The van der Waals surface area contributed by atoms with Crippen LogP contribution in [-0.4, -0.2) is 36.1 Å². The molecule has 2 atom stereocenters. The molecule has 0 radical (unpaired) electrons. The van der Waals surface area contributed by atoms with E-state index in [1.165, 1.54) is 22.3 Å². The molecule has 206 valence electrons. The van der Waals surface area contributed by atoms with Crippen LogP contribution in [0.3, 0.4) is 0 Å². The lowest BCUT2D eigenvalue weighted by Gasteiger charge is -2.35. The predicted octanol–water partition coefficient (Wildman–Crippen LogP) is 6.17. The van der Waals surface area contributed by atoms with Crippen molar-refractivity contribution in [3.63, 3.8) is 0 Å². The van der Waals surface area contributed by atoms with Crippen molar-refractivity contribution in [2.45, 2.75) is 44.9 Å². The number of thiazole rings is 1. The molecule has 40 heavy (non-hydrogen) atoms. The zero-order chi connectivity index (χ0) is 28.1. The van der Waals surface area contributed by atoms with Gasteiger partial charge >= 0.3 is 0 Å². The van der Waals surface area contributed by atoms with E-state index in [0.29, 0.717) is 46.5 Å². The molecule has 8 nitrogen and oxygen atoms in total. The number of carbonyl (C=O) groups excluding carboxylic acids is 1. The molecule has 2 aromatic carbocycles. The Morgan fingerprint density at radius 3 is 2.67 bits per heavy atom. The van der Waals surface area contributed by atoms with Crippen LogP contribution in [0.4, 0.5) is 14.5 Å². The molecule has 0 aliphatic carbocycles. The number of imidazole rings is 1. The number of aryl methyl sites for hydroxylation is 2. The average molecular weight is 582 g/mol. The van der Waals surface area contributed by atoms with Gasteiger partial charge in [0, 0.05) is 46.2 Å². The van der Waals surface area contributed by atoms with E-state index in [2.05, 4.69) is 5.16 Å². The average Bonchev–Trinajstić information content (AvgIpc) is 3.61. The second kappa shape index (κ2) is 10.3. The first-order chi connectivity index (χ1) is 19.2. The molecule has 6 rings (SSSR count). The second-order valence-electron chi connectivity index (χ2n) is 9.82. The van der Waals surface area contributed by atoms with Crippen molar-refractivity contribution in [3.8, 4) is 16.3 Å². The van der Waals surface area contributed by atoms with Gasteiger partial charge in [-0.15, -0.1) is 11.3 Å². The van der Waals surface area contributed by atoms with Gasteiger partial charge in [-0.05, 0) is 56.5 Å². The van der Waals surface area contributed by atoms with E-state index in [1.807, 2.05) is 42.0 Å². The fourth-order valence-electron chi connectivity index (χ4n) is 5.32. The molecule has 0 saturated carbocycles. The van der Waals surface area contributed by atoms with Crippen LogP contribution in [0.5, 0.6) is 0 Å². The molecule has 1 aliphatic rings. The van der Waals surface area contributed by atoms with Crippen molar-refractivity contribution in [3.05, 3.63) is 76.4 Å². The number of fused-ring (bicyclic) bond motifs is 1. The van der Waals surface area contributed by atoms with E-state index >= 15 is 0 Å². The summed E-state index contributed by atoms with van der Waals surface area (Å²) in [7, 11) is -1.07. The number of hydrogen-bond acceptors (Lipinski definition) is 7. The second-order valence-corrected chi connectivity index (χ2v) is 12.1.